The van der Waals surface area contributed by atoms with E-state index in [1.165, 1.54) is 18.2 Å². The molecule has 2 aromatic rings. The highest BCUT2D eigenvalue weighted by Crippen LogP contribution is 2.22. The third-order valence-corrected chi connectivity index (χ3v) is 2.67. The van der Waals surface area contributed by atoms with Gasteiger partial charge in [-0.2, -0.15) is 0 Å². The van der Waals surface area contributed by atoms with Gasteiger partial charge in [-0.15, -0.1) is 0 Å². The fourth-order valence-corrected chi connectivity index (χ4v) is 1.63. The van der Waals surface area contributed by atoms with Crippen LogP contribution in [0.1, 0.15) is 15.9 Å². The van der Waals surface area contributed by atoms with Gasteiger partial charge in [-0.25, -0.2) is 4.39 Å². The second-order valence-corrected chi connectivity index (χ2v) is 4.13. The molecule has 0 atom stereocenters. The number of ether oxygens (including phenoxy) is 1. The number of para-hydroxylation sites is 1. The van der Waals surface area contributed by atoms with Gasteiger partial charge in [0.25, 0.3) is 0 Å². The molecular formula is C14H10ClFO2. The molecule has 0 saturated carbocycles. The lowest BCUT2D eigenvalue weighted by Crippen LogP contribution is -2.00. The Morgan fingerprint density at radius 3 is 2.56 bits per heavy atom. The third-order valence-electron chi connectivity index (χ3n) is 2.42. The zero-order chi connectivity index (χ0) is 13.0. The molecule has 0 heterocycles. The molecule has 4 heteroatoms. The average Bonchev–Trinajstić information content (AvgIpc) is 2.39. The standard InChI is InChI=1S/C14H10ClFO2/c15-12-6-4-10(5-7-12)9-18-14-11(8-17)2-1-3-13(14)16/h1-8H,9H2. The van der Waals surface area contributed by atoms with Crippen LogP contribution in [0.3, 0.4) is 0 Å². The zero-order valence-corrected chi connectivity index (χ0v) is 10.2. The zero-order valence-electron chi connectivity index (χ0n) is 9.40. The summed E-state index contributed by atoms with van der Waals surface area (Å²) in [5.74, 6) is -0.573. The van der Waals surface area contributed by atoms with E-state index in [1.54, 1.807) is 24.3 Å². The van der Waals surface area contributed by atoms with Crippen LogP contribution in [-0.2, 0) is 6.61 Å². The van der Waals surface area contributed by atoms with Crippen molar-refractivity contribution in [2.75, 3.05) is 0 Å². The van der Waals surface area contributed by atoms with Crippen LogP contribution in [0, 0.1) is 5.82 Å². The van der Waals surface area contributed by atoms with Gasteiger partial charge in [0.2, 0.25) is 0 Å². The summed E-state index contributed by atoms with van der Waals surface area (Å²) >= 11 is 5.75. The Labute approximate surface area is 109 Å². The Bertz CT molecular complexity index is 552. The van der Waals surface area contributed by atoms with Crippen molar-refractivity contribution in [3.05, 3.63) is 64.4 Å². The van der Waals surface area contributed by atoms with Gasteiger partial charge in [0, 0.05) is 5.02 Å². The molecule has 0 saturated heterocycles. The molecule has 0 fully saturated rings. The summed E-state index contributed by atoms with van der Waals surface area (Å²) in [4.78, 5) is 10.8. The Morgan fingerprint density at radius 2 is 1.89 bits per heavy atom. The van der Waals surface area contributed by atoms with Crippen molar-refractivity contribution >= 4 is 17.9 Å². The van der Waals surface area contributed by atoms with Gasteiger partial charge in [-0.1, -0.05) is 29.8 Å². The second-order valence-electron chi connectivity index (χ2n) is 3.69. The number of benzene rings is 2. The monoisotopic (exact) mass is 264 g/mol. The van der Waals surface area contributed by atoms with Crippen LogP contribution < -0.4 is 4.74 Å². The lowest BCUT2D eigenvalue weighted by atomic mass is 10.2. The number of aldehydes is 1. The van der Waals surface area contributed by atoms with Crippen LogP contribution in [0.5, 0.6) is 5.75 Å². The molecule has 2 aromatic carbocycles. The summed E-state index contributed by atoms with van der Waals surface area (Å²) in [5.41, 5.74) is 1.04. The van der Waals surface area contributed by atoms with E-state index >= 15 is 0 Å². The topological polar surface area (TPSA) is 26.3 Å². The SMILES string of the molecule is O=Cc1cccc(F)c1OCc1ccc(Cl)cc1. The number of carbonyl (C=O) groups is 1. The highest BCUT2D eigenvalue weighted by Gasteiger charge is 2.09. The maximum Gasteiger partial charge on any atom is 0.165 e. The molecule has 0 unspecified atom stereocenters. The van der Waals surface area contributed by atoms with E-state index in [0.717, 1.165) is 5.56 Å². The largest absolute Gasteiger partial charge is 0.485 e. The molecule has 0 N–H and O–H groups in total. The molecule has 0 aliphatic heterocycles. The van der Waals surface area contributed by atoms with E-state index < -0.39 is 5.82 Å². The molecule has 0 aromatic heterocycles. The first-order chi connectivity index (χ1) is 8.70. The molecule has 18 heavy (non-hydrogen) atoms. The first-order valence-electron chi connectivity index (χ1n) is 5.31. The Morgan fingerprint density at radius 1 is 1.17 bits per heavy atom. The van der Waals surface area contributed by atoms with E-state index in [-0.39, 0.29) is 17.9 Å². The van der Waals surface area contributed by atoms with Gasteiger partial charge in [0.15, 0.2) is 17.9 Å². The smallest absolute Gasteiger partial charge is 0.165 e. The molecule has 2 nitrogen and oxygen atoms in total. The predicted octanol–water partition coefficient (Wildman–Crippen LogP) is 3.87. The van der Waals surface area contributed by atoms with E-state index in [4.69, 9.17) is 16.3 Å². The molecule has 0 spiro atoms. The summed E-state index contributed by atoms with van der Waals surface area (Å²) in [5, 5.41) is 0.623. The minimum atomic E-state index is -0.548. The molecule has 0 aliphatic carbocycles. The van der Waals surface area contributed by atoms with Crippen molar-refractivity contribution in [2.24, 2.45) is 0 Å². The van der Waals surface area contributed by atoms with Crippen LogP contribution >= 0.6 is 11.6 Å². The minimum absolute atomic E-state index is 0.0255. The number of rotatable bonds is 4. The van der Waals surface area contributed by atoms with Crippen LogP contribution in [0.15, 0.2) is 42.5 Å². The van der Waals surface area contributed by atoms with E-state index in [0.29, 0.717) is 11.3 Å². The number of halogens is 2. The lowest BCUT2D eigenvalue weighted by molar-refractivity contribution is 0.111. The molecular weight excluding hydrogens is 255 g/mol. The van der Waals surface area contributed by atoms with Crippen LogP contribution in [0.2, 0.25) is 5.02 Å². The number of carbonyl (C=O) groups excluding carboxylic acids is 1. The van der Waals surface area contributed by atoms with Crippen molar-refractivity contribution < 1.29 is 13.9 Å². The van der Waals surface area contributed by atoms with Crippen LogP contribution in [0.4, 0.5) is 4.39 Å². The molecule has 0 radical (unpaired) electrons. The fourth-order valence-electron chi connectivity index (χ4n) is 1.51. The minimum Gasteiger partial charge on any atom is -0.485 e. The van der Waals surface area contributed by atoms with Crippen LogP contribution in [0.25, 0.3) is 0 Å². The first kappa shape index (κ1) is 12.6. The summed E-state index contributed by atoms with van der Waals surface area (Å²) in [7, 11) is 0. The number of hydrogen-bond acceptors (Lipinski definition) is 2. The quantitative estimate of drug-likeness (QED) is 0.784. The van der Waals surface area contributed by atoms with Gasteiger partial charge >= 0.3 is 0 Å². The van der Waals surface area contributed by atoms with E-state index in [1.807, 2.05) is 0 Å². The lowest BCUT2D eigenvalue weighted by Gasteiger charge is -2.09. The summed E-state index contributed by atoms with van der Waals surface area (Å²) in [6.45, 7) is 0.180. The molecule has 0 amide bonds. The van der Waals surface area contributed by atoms with Gasteiger partial charge in [0.05, 0.1) is 5.56 Å². The normalized spacial score (nSPS) is 10.1. The third kappa shape index (κ3) is 2.87. The fraction of sp³-hybridized carbons (Fsp3) is 0.0714. The number of hydrogen-bond donors (Lipinski definition) is 0. The Kier molecular flexibility index (Phi) is 3.95. The Balaban J connectivity index is 2.15. The maximum atomic E-state index is 13.5. The van der Waals surface area contributed by atoms with E-state index in [2.05, 4.69) is 0 Å². The highest BCUT2D eigenvalue weighted by atomic mass is 35.5. The van der Waals surface area contributed by atoms with Crippen molar-refractivity contribution in [1.82, 2.24) is 0 Å². The van der Waals surface area contributed by atoms with Crippen molar-refractivity contribution in [3.63, 3.8) is 0 Å². The van der Waals surface area contributed by atoms with Gasteiger partial charge in [-0.3, -0.25) is 4.79 Å². The van der Waals surface area contributed by atoms with Gasteiger partial charge in [0.1, 0.15) is 6.61 Å². The molecule has 0 bridgehead atoms. The highest BCUT2D eigenvalue weighted by molar-refractivity contribution is 6.30. The second kappa shape index (κ2) is 5.65. The van der Waals surface area contributed by atoms with Gasteiger partial charge < -0.3 is 4.74 Å². The van der Waals surface area contributed by atoms with Gasteiger partial charge in [-0.05, 0) is 29.8 Å². The summed E-state index contributed by atoms with van der Waals surface area (Å²) in [6, 6.07) is 11.2. The molecule has 2 rings (SSSR count). The summed E-state index contributed by atoms with van der Waals surface area (Å²) in [6.07, 6.45) is 0.570. The summed E-state index contributed by atoms with van der Waals surface area (Å²) < 4.78 is 18.8. The Hall–Kier alpha value is -1.87. The first-order valence-corrected chi connectivity index (χ1v) is 5.69. The predicted molar refractivity (Wildman–Crippen MR) is 67.6 cm³/mol. The maximum absolute atomic E-state index is 13.5. The molecule has 92 valence electrons. The van der Waals surface area contributed by atoms with Crippen LogP contribution in [-0.4, -0.2) is 6.29 Å². The van der Waals surface area contributed by atoms with E-state index in [9.17, 15) is 9.18 Å². The average molecular weight is 265 g/mol. The molecule has 0 aliphatic rings. The van der Waals surface area contributed by atoms with Crippen molar-refractivity contribution in [3.8, 4) is 5.75 Å². The van der Waals surface area contributed by atoms with Crippen molar-refractivity contribution in [2.45, 2.75) is 6.61 Å². The van der Waals surface area contributed by atoms with Crippen molar-refractivity contribution in [1.29, 1.82) is 0 Å².